The van der Waals surface area contributed by atoms with Gasteiger partial charge >= 0.3 is 12.1 Å². The molecule has 0 saturated carbocycles. The summed E-state index contributed by atoms with van der Waals surface area (Å²) >= 11 is 0. The molecule has 130 valence electrons. The smallest absolute Gasteiger partial charge is 0.417 e. The summed E-state index contributed by atoms with van der Waals surface area (Å²) in [6.07, 6.45) is -4.52. The summed E-state index contributed by atoms with van der Waals surface area (Å²) in [5.41, 5.74) is 0.222. The van der Waals surface area contributed by atoms with Crippen LogP contribution in [0.5, 0.6) is 5.75 Å². The number of nitrogens with zero attached hydrogens (tertiary/aromatic N) is 1. The second kappa shape index (κ2) is 5.54. The standard InChI is InChI=1S/C18H14F3NO3/c1-9-11-7-12(17(24)25)15(23)8-14(11)22(2)16(9)10-5-3-4-6-13(10)18(19,20)21/h3-8,23H,1-2H3,(H,24,25). The number of halogens is 3. The second-order valence-corrected chi connectivity index (χ2v) is 5.77. The molecule has 0 bridgehead atoms. The van der Waals surface area contributed by atoms with Crippen molar-refractivity contribution in [1.29, 1.82) is 0 Å². The lowest BCUT2D eigenvalue weighted by Crippen LogP contribution is -2.08. The molecule has 3 rings (SSSR count). The SMILES string of the molecule is Cc1c(-c2ccccc2C(F)(F)F)n(C)c2cc(O)c(C(=O)O)cc12. The van der Waals surface area contributed by atoms with Crippen LogP contribution >= 0.6 is 0 Å². The third kappa shape index (κ3) is 2.61. The number of aromatic nitrogens is 1. The fraction of sp³-hybridized carbons (Fsp3) is 0.167. The molecule has 0 radical (unpaired) electrons. The number of aromatic carboxylic acids is 1. The molecule has 0 amide bonds. The van der Waals surface area contributed by atoms with Gasteiger partial charge < -0.3 is 14.8 Å². The molecule has 25 heavy (non-hydrogen) atoms. The maximum absolute atomic E-state index is 13.4. The van der Waals surface area contributed by atoms with Crippen LogP contribution in [-0.2, 0) is 13.2 Å². The summed E-state index contributed by atoms with van der Waals surface area (Å²) in [4.78, 5) is 11.2. The van der Waals surface area contributed by atoms with E-state index in [4.69, 9.17) is 5.11 Å². The summed E-state index contributed by atoms with van der Waals surface area (Å²) in [7, 11) is 1.58. The zero-order chi connectivity index (χ0) is 18.5. The maximum atomic E-state index is 13.4. The van der Waals surface area contributed by atoms with Crippen molar-refractivity contribution in [2.45, 2.75) is 13.1 Å². The Kier molecular flexibility index (Phi) is 3.74. The molecule has 0 aliphatic rings. The maximum Gasteiger partial charge on any atom is 0.417 e. The molecule has 7 heteroatoms. The van der Waals surface area contributed by atoms with Crippen LogP contribution < -0.4 is 0 Å². The van der Waals surface area contributed by atoms with E-state index < -0.39 is 23.5 Å². The summed E-state index contributed by atoms with van der Waals surface area (Å²) in [6.45, 7) is 1.63. The van der Waals surface area contributed by atoms with Gasteiger partial charge in [-0.15, -0.1) is 0 Å². The fourth-order valence-corrected chi connectivity index (χ4v) is 3.15. The number of aromatic hydroxyl groups is 1. The zero-order valence-electron chi connectivity index (χ0n) is 13.3. The van der Waals surface area contributed by atoms with Gasteiger partial charge in [-0.3, -0.25) is 0 Å². The molecule has 0 atom stereocenters. The van der Waals surface area contributed by atoms with Gasteiger partial charge in [0.05, 0.1) is 16.8 Å². The van der Waals surface area contributed by atoms with Crippen molar-refractivity contribution in [3.05, 3.63) is 53.1 Å². The normalized spacial score (nSPS) is 11.9. The number of alkyl halides is 3. The van der Waals surface area contributed by atoms with Gasteiger partial charge in [-0.25, -0.2) is 4.79 Å². The number of fused-ring (bicyclic) bond motifs is 1. The van der Waals surface area contributed by atoms with E-state index in [1.165, 1.54) is 34.9 Å². The molecule has 0 aliphatic carbocycles. The highest BCUT2D eigenvalue weighted by molar-refractivity contribution is 6.00. The Bertz CT molecular complexity index is 1000. The molecule has 0 unspecified atom stereocenters. The number of benzene rings is 2. The van der Waals surface area contributed by atoms with Crippen LogP contribution in [0, 0.1) is 6.92 Å². The lowest BCUT2D eigenvalue weighted by Gasteiger charge is -2.14. The van der Waals surface area contributed by atoms with Crippen LogP contribution in [-0.4, -0.2) is 20.7 Å². The molecule has 3 aromatic rings. The van der Waals surface area contributed by atoms with E-state index in [-0.39, 0.29) is 11.1 Å². The van der Waals surface area contributed by atoms with Crippen LogP contribution in [0.2, 0.25) is 0 Å². The number of phenols is 1. The molecular formula is C18H14F3NO3. The van der Waals surface area contributed by atoms with E-state index in [0.717, 1.165) is 6.07 Å². The largest absolute Gasteiger partial charge is 0.507 e. The Labute approximate surface area is 140 Å². The minimum atomic E-state index is -4.52. The van der Waals surface area contributed by atoms with Gasteiger partial charge in [-0.2, -0.15) is 13.2 Å². The molecule has 0 fully saturated rings. The van der Waals surface area contributed by atoms with Gasteiger partial charge in [0.25, 0.3) is 0 Å². The molecule has 1 heterocycles. The van der Waals surface area contributed by atoms with Gasteiger partial charge in [0.15, 0.2) is 0 Å². The first kappa shape index (κ1) is 16.9. The van der Waals surface area contributed by atoms with E-state index in [1.807, 2.05) is 0 Å². The van der Waals surface area contributed by atoms with Gasteiger partial charge in [-0.05, 0) is 24.6 Å². The highest BCUT2D eigenvalue weighted by Crippen LogP contribution is 2.41. The number of aryl methyl sites for hydroxylation is 2. The van der Waals surface area contributed by atoms with E-state index >= 15 is 0 Å². The predicted molar refractivity (Wildman–Crippen MR) is 86.7 cm³/mol. The van der Waals surface area contributed by atoms with Gasteiger partial charge in [0.1, 0.15) is 11.3 Å². The second-order valence-electron chi connectivity index (χ2n) is 5.77. The van der Waals surface area contributed by atoms with Crippen LogP contribution in [0.15, 0.2) is 36.4 Å². The fourth-order valence-electron chi connectivity index (χ4n) is 3.15. The molecule has 2 N–H and O–H groups in total. The number of hydrogen-bond acceptors (Lipinski definition) is 2. The van der Waals surface area contributed by atoms with E-state index in [9.17, 15) is 23.1 Å². The van der Waals surface area contributed by atoms with Gasteiger partial charge in [-0.1, -0.05) is 18.2 Å². The summed E-state index contributed by atoms with van der Waals surface area (Å²) < 4.78 is 41.6. The van der Waals surface area contributed by atoms with Crippen molar-refractivity contribution in [3.8, 4) is 17.0 Å². The van der Waals surface area contributed by atoms with Crippen molar-refractivity contribution >= 4 is 16.9 Å². The van der Waals surface area contributed by atoms with E-state index in [2.05, 4.69) is 0 Å². The van der Waals surface area contributed by atoms with Crippen molar-refractivity contribution in [1.82, 2.24) is 4.57 Å². The van der Waals surface area contributed by atoms with Crippen LogP contribution in [0.4, 0.5) is 13.2 Å². The Balaban J connectivity index is 2.38. The Morgan fingerprint density at radius 3 is 2.40 bits per heavy atom. The predicted octanol–water partition coefficient (Wildman–Crippen LogP) is 4.58. The van der Waals surface area contributed by atoms with Crippen molar-refractivity contribution < 1.29 is 28.2 Å². The van der Waals surface area contributed by atoms with Crippen molar-refractivity contribution in [2.24, 2.45) is 7.05 Å². The summed E-state index contributed by atoms with van der Waals surface area (Å²) in [5, 5.41) is 19.5. The van der Waals surface area contributed by atoms with E-state index in [0.29, 0.717) is 22.2 Å². The van der Waals surface area contributed by atoms with Crippen LogP contribution in [0.1, 0.15) is 21.5 Å². The number of carboxylic acid groups (broad SMARTS) is 1. The highest BCUT2D eigenvalue weighted by Gasteiger charge is 2.34. The average molecular weight is 349 g/mol. The lowest BCUT2D eigenvalue weighted by molar-refractivity contribution is -0.137. The Morgan fingerprint density at radius 1 is 1.16 bits per heavy atom. The summed E-state index contributed by atoms with van der Waals surface area (Å²) in [6, 6.07) is 7.75. The van der Waals surface area contributed by atoms with Crippen LogP contribution in [0.25, 0.3) is 22.2 Å². The molecule has 2 aromatic carbocycles. The first-order valence-corrected chi connectivity index (χ1v) is 7.34. The monoisotopic (exact) mass is 349 g/mol. The Hall–Kier alpha value is -2.96. The minimum absolute atomic E-state index is 0.00237. The number of carbonyl (C=O) groups is 1. The van der Waals surface area contributed by atoms with Crippen LogP contribution in [0.3, 0.4) is 0 Å². The summed E-state index contributed by atoms with van der Waals surface area (Å²) in [5.74, 6) is -1.74. The number of hydrogen-bond donors (Lipinski definition) is 2. The minimum Gasteiger partial charge on any atom is -0.507 e. The first-order valence-electron chi connectivity index (χ1n) is 7.34. The first-order chi connectivity index (χ1) is 11.6. The van der Waals surface area contributed by atoms with Gasteiger partial charge in [0, 0.05) is 24.1 Å². The molecule has 0 saturated heterocycles. The topological polar surface area (TPSA) is 62.5 Å². The lowest BCUT2D eigenvalue weighted by atomic mass is 10.00. The third-order valence-corrected chi connectivity index (χ3v) is 4.29. The zero-order valence-corrected chi connectivity index (χ0v) is 13.3. The van der Waals surface area contributed by atoms with Gasteiger partial charge in [0.2, 0.25) is 0 Å². The number of carboxylic acids is 1. The molecule has 1 aromatic heterocycles. The molecule has 4 nitrogen and oxygen atoms in total. The Morgan fingerprint density at radius 2 is 1.80 bits per heavy atom. The number of rotatable bonds is 2. The molecule has 0 spiro atoms. The quantitative estimate of drug-likeness (QED) is 0.712. The third-order valence-electron chi connectivity index (χ3n) is 4.29. The van der Waals surface area contributed by atoms with Crippen molar-refractivity contribution in [2.75, 3.05) is 0 Å². The van der Waals surface area contributed by atoms with Crippen molar-refractivity contribution in [3.63, 3.8) is 0 Å². The highest BCUT2D eigenvalue weighted by atomic mass is 19.4. The average Bonchev–Trinajstić information content (AvgIpc) is 2.76. The van der Waals surface area contributed by atoms with E-state index in [1.54, 1.807) is 14.0 Å². The molecule has 0 aliphatic heterocycles. The molecular weight excluding hydrogens is 335 g/mol.